The largest absolute Gasteiger partial charge is 0.381 e. The van der Waals surface area contributed by atoms with Crippen LogP contribution >= 0.6 is 11.6 Å². The molecule has 1 atom stereocenters. The summed E-state index contributed by atoms with van der Waals surface area (Å²) in [7, 11) is 0. The minimum Gasteiger partial charge on any atom is -0.381 e. The fourth-order valence-corrected chi connectivity index (χ4v) is 4.15. The van der Waals surface area contributed by atoms with Crippen LogP contribution in [0.15, 0.2) is 78.4 Å². The summed E-state index contributed by atoms with van der Waals surface area (Å²) in [6.45, 7) is 7.40. The van der Waals surface area contributed by atoms with E-state index in [1.165, 1.54) is 9.08 Å². The summed E-state index contributed by atoms with van der Waals surface area (Å²) in [5.41, 5.74) is 7.35. The molecule has 8 nitrogen and oxygen atoms in total. The molecule has 1 amide bonds. The third-order valence-electron chi connectivity index (χ3n) is 5.35. The number of nitrogen functional groups attached to an aromatic ring is 1. The number of nitrogens with zero attached hydrogens (tertiary/aromatic N) is 4. The van der Waals surface area contributed by atoms with Crippen molar-refractivity contribution >= 4 is 45.4 Å². The van der Waals surface area contributed by atoms with Crippen molar-refractivity contribution in [2.45, 2.75) is 19.9 Å². The van der Waals surface area contributed by atoms with E-state index >= 15 is 0 Å². The van der Waals surface area contributed by atoms with E-state index in [1.807, 2.05) is 25.1 Å². The molecule has 4 aromatic rings. The first-order valence-corrected chi connectivity index (χ1v) is 10.9. The van der Waals surface area contributed by atoms with Gasteiger partial charge in [0.1, 0.15) is 5.56 Å². The van der Waals surface area contributed by atoms with Crippen LogP contribution in [-0.2, 0) is 0 Å². The summed E-state index contributed by atoms with van der Waals surface area (Å²) >= 11 is 6.38. The maximum absolute atomic E-state index is 13.6. The Labute approximate surface area is 200 Å². The number of aromatic nitrogens is 4. The highest BCUT2D eigenvalue weighted by molar-refractivity contribution is 6.35. The SMILES string of the molecule is C=C/C=C(\C=C/C)n1c(C(C)NC(=O)c2c(N)nn3cccnc23)cc2cccc(Cl)c2c1=O. The van der Waals surface area contributed by atoms with Crippen molar-refractivity contribution in [3.63, 3.8) is 0 Å². The van der Waals surface area contributed by atoms with E-state index in [9.17, 15) is 9.59 Å². The van der Waals surface area contributed by atoms with E-state index < -0.39 is 11.9 Å². The van der Waals surface area contributed by atoms with Crippen molar-refractivity contribution in [2.75, 3.05) is 5.73 Å². The number of carbonyl (C=O) groups excluding carboxylic acids is 1. The van der Waals surface area contributed by atoms with Crippen LogP contribution in [0.3, 0.4) is 0 Å². The molecule has 0 saturated heterocycles. The summed E-state index contributed by atoms with van der Waals surface area (Å²) in [6.07, 6.45) is 10.1. The molecule has 34 heavy (non-hydrogen) atoms. The summed E-state index contributed by atoms with van der Waals surface area (Å²) in [6, 6.07) is 8.21. The van der Waals surface area contributed by atoms with Gasteiger partial charge in [-0.25, -0.2) is 9.50 Å². The number of rotatable bonds is 6. The normalized spacial score (nSPS) is 13.0. The predicted octanol–water partition coefficient (Wildman–Crippen LogP) is 4.37. The molecule has 0 bridgehead atoms. The first-order valence-electron chi connectivity index (χ1n) is 10.6. The van der Waals surface area contributed by atoms with Crippen molar-refractivity contribution in [1.82, 2.24) is 24.5 Å². The zero-order chi connectivity index (χ0) is 24.4. The molecule has 0 aliphatic heterocycles. The molecule has 0 saturated carbocycles. The van der Waals surface area contributed by atoms with Gasteiger partial charge in [-0.15, -0.1) is 5.10 Å². The molecular formula is C25H23ClN6O2. The van der Waals surface area contributed by atoms with E-state index in [4.69, 9.17) is 17.3 Å². The molecule has 0 radical (unpaired) electrons. The Balaban J connectivity index is 1.87. The number of hydrogen-bond acceptors (Lipinski definition) is 5. The molecule has 0 aliphatic rings. The summed E-state index contributed by atoms with van der Waals surface area (Å²) in [4.78, 5) is 31.1. The third kappa shape index (κ3) is 3.99. The molecule has 3 aromatic heterocycles. The Morgan fingerprint density at radius 2 is 2.12 bits per heavy atom. The summed E-state index contributed by atoms with van der Waals surface area (Å²) < 4.78 is 2.97. The Bertz CT molecular complexity index is 1550. The van der Waals surface area contributed by atoms with E-state index in [-0.39, 0.29) is 16.9 Å². The number of hydrogen-bond donors (Lipinski definition) is 2. The molecule has 1 aromatic carbocycles. The number of halogens is 1. The van der Waals surface area contributed by atoms with Crippen LogP contribution < -0.4 is 16.6 Å². The van der Waals surface area contributed by atoms with Crippen LogP contribution in [0.4, 0.5) is 5.82 Å². The molecule has 1 unspecified atom stereocenters. The van der Waals surface area contributed by atoms with Gasteiger partial charge in [-0.3, -0.25) is 14.2 Å². The number of amides is 1. The average Bonchev–Trinajstić information content (AvgIpc) is 3.14. The summed E-state index contributed by atoms with van der Waals surface area (Å²) in [5, 5.41) is 8.49. The molecule has 0 aliphatic carbocycles. The monoisotopic (exact) mass is 474 g/mol. The number of benzene rings is 1. The highest BCUT2D eigenvalue weighted by Gasteiger charge is 2.24. The van der Waals surface area contributed by atoms with Crippen LogP contribution in [0.5, 0.6) is 0 Å². The average molecular weight is 475 g/mol. The first-order chi connectivity index (χ1) is 16.4. The van der Waals surface area contributed by atoms with E-state index in [1.54, 1.807) is 55.7 Å². The molecular weight excluding hydrogens is 452 g/mol. The topological polar surface area (TPSA) is 107 Å². The van der Waals surface area contributed by atoms with Crippen LogP contribution in [0.25, 0.3) is 22.1 Å². The molecule has 3 heterocycles. The number of carbonyl (C=O) groups is 1. The maximum atomic E-state index is 13.6. The number of fused-ring (bicyclic) bond motifs is 2. The van der Waals surface area contributed by atoms with Crippen molar-refractivity contribution in [2.24, 2.45) is 0 Å². The lowest BCUT2D eigenvalue weighted by Gasteiger charge is -2.21. The lowest BCUT2D eigenvalue weighted by Crippen LogP contribution is -2.32. The Morgan fingerprint density at radius 1 is 1.32 bits per heavy atom. The van der Waals surface area contributed by atoms with Crippen LogP contribution in [0.2, 0.25) is 5.02 Å². The van der Waals surface area contributed by atoms with Crippen LogP contribution in [0, 0.1) is 0 Å². The number of pyridine rings is 1. The molecule has 9 heteroatoms. The Morgan fingerprint density at radius 3 is 2.85 bits per heavy atom. The standard InChI is InChI=1S/C25H23ClN6O2/c1-4-8-17(9-5-2)32-19(14-16-10-6-11-18(26)20(16)25(32)34)15(3)29-24(33)21-22(27)30-31-13-7-12-28-23(21)31/h4-15H,1H2,2-3H3,(H2,27,30)(H,29,33)/b9-5-,17-8+. The Hall–Kier alpha value is -4.17. The summed E-state index contributed by atoms with van der Waals surface area (Å²) in [5.74, 6) is -0.392. The van der Waals surface area contributed by atoms with Crippen LogP contribution in [-0.4, -0.2) is 25.1 Å². The maximum Gasteiger partial charge on any atom is 0.264 e. The minimum atomic E-state index is -0.583. The van der Waals surface area contributed by atoms with Gasteiger partial charge < -0.3 is 11.1 Å². The third-order valence-corrected chi connectivity index (χ3v) is 5.66. The van der Waals surface area contributed by atoms with Gasteiger partial charge in [0.15, 0.2) is 11.5 Å². The molecule has 4 rings (SSSR count). The smallest absolute Gasteiger partial charge is 0.264 e. The van der Waals surface area contributed by atoms with Gasteiger partial charge in [0.25, 0.3) is 11.5 Å². The zero-order valence-electron chi connectivity index (χ0n) is 18.7. The van der Waals surface area contributed by atoms with Gasteiger partial charge in [0.05, 0.1) is 16.5 Å². The van der Waals surface area contributed by atoms with Gasteiger partial charge in [-0.1, -0.05) is 42.5 Å². The number of anilines is 1. The van der Waals surface area contributed by atoms with Crippen molar-refractivity contribution in [1.29, 1.82) is 0 Å². The molecule has 3 N–H and O–H groups in total. The number of nitrogens with one attached hydrogen (secondary N) is 1. The number of nitrogens with two attached hydrogens (primary N) is 1. The molecule has 0 fully saturated rings. The van der Waals surface area contributed by atoms with Gasteiger partial charge >= 0.3 is 0 Å². The second-order valence-electron chi connectivity index (χ2n) is 7.58. The van der Waals surface area contributed by atoms with E-state index in [0.717, 1.165) is 0 Å². The second-order valence-corrected chi connectivity index (χ2v) is 7.99. The number of allylic oxidation sites excluding steroid dienone is 5. The van der Waals surface area contributed by atoms with Gasteiger partial charge in [-0.05, 0) is 49.6 Å². The predicted molar refractivity (Wildman–Crippen MR) is 136 cm³/mol. The minimum absolute atomic E-state index is 0.0623. The molecule has 172 valence electrons. The second kappa shape index (κ2) is 9.36. The van der Waals surface area contributed by atoms with Crippen molar-refractivity contribution in [3.05, 3.63) is 100 Å². The van der Waals surface area contributed by atoms with Crippen molar-refractivity contribution in [3.8, 4) is 0 Å². The quantitative estimate of drug-likeness (QED) is 0.403. The van der Waals surface area contributed by atoms with E-state index in [2.05, 4.69) is 22.0 Å². The first kappa shape index (κ1) is 23.0. The fraction of sp³-hybridized carbons (Fsp3) is 0.120. The van der Waals surface area contributed by atoms with E-state index in [0.29, 0.717) is 32.8 Å². The Kier molecular flexibility index (Phi) is 6.34. The van der Waals surface area contributed by atoms with Gasteiger partial charge in [-0.2, -0.15) is 0 Å². The van der Waals surface area contributed by atoms with Crippen LogP contribution in [0.1, 0.15) is 35.9 Å². The highest BCUT2D eigenvalue weighted by Crippen LogP contribution is 2.26. The molecule has 0 spiro atoms. The lowest BCUT2D eigenvalue weighted by atomic mass is 10.1. The fourth-order valence-electron chi connectivity index (χ4n) is 3.89. The van der Waals surface area contributed by atoms with Gasteiger partial charge in [0, 0.05) is 23.8 Å². The highest BCUT2D eigenvalue weighted by atomic mass is 35.5. The zero-order valence-corrected chi connectivity index (χ0v) is 19.5. The van der Waals surface area contributed by atoms with Crippen molar-refractivity contribution < 1.29 is 4.79 Å². The van der Waals surface area contributed by atoms with Gasteiger partial charge in [0.2, 0.25) is 0 Å². The lowest BCUT2D eigenvalue weighted by molar-refractivity contribution is 0.0941.